The molecule has 1 aliphatic rings. The van der Waals surface area contributed by atoms with Gasteiger partial charge in [0.15, 0.2) is 0 Å². The Morgan fingerprint density at radius 1 is 1.19 bits per heavy atom. The van der Waals surface area contributed by atoms with Crippen LogP contribution >= 0.6 is 0 Å². The highest BCUT2D eigenvalue weighted by atomic mass is 16.3. The predicted octanol–water partition coefficient (Wildman–Crippen LogP) is 2.94. The Kier molecular flexibility index (Phi) is 5.99. The van der Waals surface area contributed by atoms with E-state index in [9.17, 15) is 9.90 Å². The molecule has 158 valence electrons. The largest absolute Gasteiger partial charge is 0.378 e. The third kappa shape index (κ3) is 5.66. The highest BCUT2D eigenvalue weighted by Crippen LogP contribution is 2.27. The number of aromatic nitrogens is 3. The minimum absolute atomic E-state index is 0.127. The Labute approximate surface area is 182 Å². The van der Waals surface area contributed by atoms with Gasteiger partial charge >= 0.3 is 0 Å². The molecule has 1 fully saturated rings. The molecule has 1 saturated heterocycles. The van der Waals surface area contributed by atoms with Crippen molar-refractivity contribution in [1.29, 1.82) is 0 Å². The Balaban J connectivity index is 1.42. The standard InChI is InChI=1S/C25H26N4O2/c1-25(2,31)11-7-18-3-5-19(6-4-18)16-29-14-10-21(17-29)22-15-23(30)28-24(27-22)20-8-12-26-13-9-20/h3-6,8-9,12-13,15,21,31H,10,14,16-17H2,1-2H3,(H,27,28,30)/t21-/m0/s1. The molecule has 0 bridgehead atoms. The van der Waals surface area contributed by atoms with Crippen LogP contribution in [0.2, 0.25) is 0 Å². The Morgan fingerprint density at radius 3 is 2.65 bits per heavy atom. The number of benzene rings is 1. The molecule has 6 heteroatoms. The van der Waals surface area contributed by atoms with Gasteiger partial charge in [-0.25, -0.2) is 4.98 Å². The van der Waals surface area contributed by atoms with E-state index >= 15 is 0 Å². The highest BCUT2D eigenvalue weighted by molar-refractivity contribution is 5.53. The average molecular weight is 415 g/mol. The van der Waals surface area contributed by atoms with Crippen LogP contribution < -0.4 is 5.56 Å². The first-order valence-electron chi connectivity index (χ1n) is 10.4. The van der Waals surface area contributed by atoms with Crippen LogP contribution in [-0.4, -0.2) is 43.6 Å². The first kappa shape index (κ1) is 21.0. The monoisotopic (exact) mass is 414 g/mol. The first-order valence-corrected chi connectivity index (χ1v) is 10.4. The van der Waals surface area contributed by atoms with Gasteiger partial charge in [-0.15, -0.1) is 0 Å². The van der Waals surface area contributed by atoms with Gasteiger partial charge in [-0.2, -0.15) is 0 Å². The Morgan fingerprint density at radius 2 is 1.94 bits per heavy atom. The summed E-state index contributed by atoms with van der Waals surface area (Å²) in [4.78, 5) is 26.2. The first-order chi connectivity index (χ1) is 14.9. The fraction of sp³-hybridized carbons (Fsp3) is 0.320. The molecule has 0 aliphatic carbocycles. The fourth-order valence-corrected chi connectivity index (χ4v) is 3.73. The third-order valence-corrected chi connectivity index (χ3v) is 5.28. The van der Waals surface area contributed by atoms with Gasteiger partial charge in [0.05, 0.1) is 5.69 Å². The van der Waals surface area contributed by atoms with Gasteiger partial charge in [-0.05, 0) is 56.6 Å². The molecule has 0 radical (unpaired) electrons. The molecule has 2 N–H and O–H groups in total. The second-order valence-corrected chi connectivity index (χ2v) is 8.48. The van der Waals surface area contributed by atoms with Crippen LogP contribution in [0.3, 0.4) is 0 Å². The fourth-order valence-electron chi connectivity index (χ4n) is 3.73. The lowest BCUT2D eigenvalue weighted by Crippen LogP contribution is -2.20. The van der Waals surface area contributed by atoms with E-state index in [2.05, 4.69) is 38.8 Å². The summed E-state index contributed by atoms with van der Waals surface area (Å²) in [5, 5.41) is 9.73. The molecule has 31 heavy (non-hydrogen) atoms. The Hall–Kier alpha value is -3.27. The van der Waals surface area contributed by atoms with E-state index in [1.807, 2.05) is 24.3 Å². The third-order valence-electron chi connectivity index (χ3n) is 5.28. The molecule has 0 unspecified atom stereocenters. The minimum atomic E-state index is -0.992. The normalized spacial score (nSPS) is 16.7. The maximum atomic E-state index is 12.2. The number of nitrogens with one attached hydrogen (secondary N) is 1. The summed E-state index contributed by atoms with van der Waals surface area (Å²) < 4.78 is 0. The van der Waals surface area contributed by atoms with E-state index < -0.39 is 5.60 Å². The molecule has 2 aromatic heterocycles. The van der Waals surface area contributed by atoms with Crippen LogP contribution in [-0.2, 0) is 6.54 Å². The topological polar surface area (TPSA) is 82.1 Å². The lowest BCUT2D eigenvalue weighted by atomic mass is 10.0. The molecule has 4 rings (SSSR count). The molecule has 3 heterocycles. The second kappa shape index (κ2) is 8.84. The molecule has 6 nitrogen and oxygen atoms in total. The van der Waals surface area contributed by atoms with Crippen molar-refractivity contribution in [2.45, 2.75) is 38.3 Å². The number of rotatable bonds is 4. The number of aromatic amines is 1. The van der Waals surface area contributed by atoms with E-state index in [-0.39, 0.29) is 11.5 Å². The van der Waals surface area contributed by atoms with Gasteiger partial charge in [0, 0.05) is 48.6 Å². The molecule has 0 amide bonds. The molecule has 1 aromatic carbocycles. The van der Waals surface area contributed by atoms with Gasteiger partial charge in [0.1, 0.15) is 11.4 Å². The molecule has 3 aromatic rings. The van der Waals surface area contributed by atoms with Crippen molar-refractivity contribution in [3.05, 3.63) is 82.0 Å². The summed E-state index contributed by atoms with van der Waals surface area (Å²) in [5.74, 6) is 6.66. The van der Waals surface area contributed by atoms with Crippen LogP contribution in [0.15, 0.2) is 59.7 Å². The number of nitrogens with zero attached hydrogens (tertiary/aromatic N) is 3. The average Bonchev–Trinajstić information content (AvgIpc) is 3.21. The number of pyridine rings is 1. The van der Waals surface area contributed by atoms with Crippen molar-refractivity contribution in [3.8, 4) is 23.2 Å². The quantitative estimate of drug-likeness (QED) is 0.642. The van der Waals surface area contributed by atoms with Crippen molar-refractivity contribution in [2.24, 2.45) is 0 Å². The van der Waals surface area contributed by atoms with Crippen molar-refractivity contribution in [2.75, 3.05) is 13.1 Å². The number of hydrogen-bond acceptors (Lipinski definition) is 5. The zero-order chi connectivity index (χ0) is 21.8. The summed E-state index contributed by atoms with van der Waals surface area (Å²) >= 11 is 0. The van der Waals surface area contributed by atoms with Crippen molar-refractivity contribution >= 4 is 0 Å². The lowest BCUT2D eigenvalue weighted by Gasteiger charge is -2.16. The number of H-pyrrole nitrogens is 1. The van der Waals surface area contributed by atoms with Crippen LogP contribution in [0.1, 0.15) is 43.0 Å². The SMILES string of the molecule is CC(C)(O)C#Cc1ccc(CN2CC[C@H](c3cc(=O)[nH]c(-c4ccncc4)n3)C2)cc1. The van der Waals surface area contributed by atoms with Crippen LogP contribution in [0.25, 0.3) is 11.4 Å². The maximum Gasteiger partial charge on any atom is 0.251 e. The summed E-state index contributed by atoms with van der Waals surface area (Å²) in [5.41, 5.74) is 2.69. The summed E-state index contributed by atoms with van der Waals surface area (Å²) in [6, 6.07) is 13.4. The van der Waals surface area contributed by atoms with Gasteiger partial charge in [0.25, 0.3) is 5.56 Å². The molecule has 1 atom stereocenters. The second-order valence-electron chi connectivity index (χ2n) is 8.48. The van der Waals surface area contributed by atoms with Gasteiger partial charge < -0.3 is 10.1 Å². The van der Waals surface area contributed by atoms with E-state index in [1.165, 1.54) is 5.56 Å². The Bertz CT molecular complexity index is 1150. The molecule has 0 saturated carbocycles. The summed E-state index contributed by atoms with van der Waals surface area (Å²) in [7, 11) is 0. The highest BCUT2D eigenvalue weighted by Gasteiger charge is 2.25. The molecular weight excluding hydrogens is 388 g/mol. The minimum Gasteiger partial charge on any atom is -0.378 e. The number of hydrogen-bond donors (Lipinski definition) is 2. The van der Waals surface area contributed by atoms with E-state index in [1.54, 1.807) is 32.3 Å². The van der Waals surface area contributed by atoms with Crippen LogP contribution in [0, 0.1) is 11.8 Å². The number of aliphatic hydroxyl groups is 1. The number of likely N-dealkylation sites (tertiary alicyclic amines) is 1. The predicted molar refractivity (Wildman–Crippen MR) is 120 cm³/mol. The molecular formula is C25H26N4O2. The van der Waals surface area contributed by atoms with Crippen LogP contribution in [0.5, 0.6) is 0 Å². The van der Waals surface area contributed by atoms with E-state index in [4.69, 9.17) is 4.98 Å². The summed E-state index contributed by atoms with van der Waals surface area (Å²) in [6.07, 6.45) is 4.36. The summed E-state index contributed by atoms with van der Waals surface area (Å²) in [6.45, 7) is 6.02. The van der Waals surface area contributed by atoms with E-state index in [0.29, 0.717) is 5.82 Å². The smallest absolute Gasteiger partial charge is 0.251 e. The van der Waals surface area contributed by atoms with Crippen molar-refractivity contribution in [3.63, 3.8) is 0 Å². The maximum absolute atomic E-state index is 12.2. The van der Waals surface area contributed by atoms with Gasteiger partial charge in [-0.3, -0.25) is 14.7 Å². The van der Waals surface area contributed by atoms with Crippen molar-refractivity contribution < 1.29 is 5.11 Å². The van der Waals surface area contributed by atoms with Gasteiger partial charge in [0.2, 0.25) is 0 Å². The van der Waals surface area contributed by atoms with Crippen LogP contribution in [0.4, 0.5) is 0 Å². The molecule has 0 spiro atoms. The van der Waals surface area contributed by atoms with Gasteiger partial charge in [-0.1, -0.05) is 24.0 Å². The van der Waals surface area contributed by atoms with Crippen molar-refractivity contribution in [1.82, 2.24) is 19.9 Å². The zero-order valence-corrected chi connectivity index (χ0v) is 17.8. The lowest BCUT2D eigenvalue weighted by molar-refractivity contribution is 0.143. The zero-order valence-electron chi connectivity index (χ0n) is 17.8. The van der Waals surface area contributed by atoms with E-state index in [0.717, 1.165) is 42.9 Å². The molecule has 1 aliphatic heterocycles.